The second kappa shape index (κ2) is 11.4. The standard InChI is InChI=1S/C29H34N4O4S2/c1-18(2)37-26-11-8-19(13-20(26)14-30)29-32-15-27(38-29)24-7-3-6-22-23(24)9-10-25(22)28(39(31,35)36)17-33-12-4-5-21(34)16-33/h3,6-8,11,13,15,18,21,25,28,34H,4-5,9-10,12,16-17H2,1-2H3,(H2,31,35,36)/t21-,25+,28?/m1/s1. The largest absolute Gasteiger partial charge is 0.490 e. The Balaban J connectivity index is 1.43. The van der Waals surface area contributed by atoms with Crippen LogP contribution in [0.5, 0.6) is 5.75 Å². The van der Waals surface area contributed by atoms with Crippen LogP contribution in [0.1, 0.15) is 55.7 Å². The Bertz CT molecular complexity index is 1500. The minimum absolute atomic E-state index is 0.0290. The number of piperidine rings is 1. The van der Waals surface area contributed by atoms with Crippen molar-refractivity contribution in [1.29, 1.82) is 5.26 Å². The molecular weight excluding hydrogens is 532 g/mol. The topological polar surface area (TPSA) is 130 Å². The van der Waals surface area contributed by atoms with Crippen LogP contribution in [-0.2, 0) is 16.4 Å². The molecule has 0 amide bonds. The van der Waals surface area contributed by atoms with Crippen molar-refractivity contribution in [1.82, 2.24) is 9.88 Å². The Hall–Kier alpha value is -2.81. The third kappa shape index (κ3) is 6.03. The molecule has 0 saturated carbocycles. The van der Waals surface area contributed by atoms with Crippen LogP contribution in [0.25, 0.3) is 21.0 Å². The van der Waals surface area contributed by atoms with Gasteiger partial charge in [-0.15, -0.1) is 11.3 Å². The molecule has 39 heavy (non-hydrogen) atoms. The molecule has 1 unspecified atom stereocenters. The number of ether oxygens (including phenoxy) is 1. The van der Waals surface area contributed by atoms with Gasteiger partial charge in [-0.1, -0.05) is 18.2 Å². The van der Waals surface area contributed by atoms with Gasteiger partial charge in [-0.25, -0.2) is 18.5 Å². The molecule has 0 spiro atoms. The summed E-state index contributed by atoms with van der Waals surface area (Å²) >= 11 is 1.55. The fourth-order valence-electron chi connectivity index (χ4n) is 5.85. The van der Waals surface area contributed by atoms with Gasteiger partial charge in [-0.05, 0) is 81.0 Å². The molecule has 2 aliphatic rings. The molecule has 1 aliphatic heterocycles. The number of nitrogens with two attached hydrogens (primary N) is 1. The first-order valence-electron chi connectivity index (χ1n) is 13.3. The minimum Gasteiger partial charge on any atom is -0.490 e. The molecule has 206 valence electrons. The third-order valence-corrected chi connectivity index (χ3v) is 9.99. The second-order valence-corrected chi connectivity index (χ2v) is 13.5. The van der Waals surface area contributed by atoms with E-state index in [0.717, 1.165) is 57.9 Å². The highest BCUT2D eigenvalue weighted by atomic mass is 32.2. The molecule has 8 nitrogen and oxygen atoms in total. The van der Waals surface area contributed by atoms with Crippen molar-refractivity contribution in [2.75, 3.05) is 19.6 Å². The van der Waals surface area contributed by atoms with E-state index in [2.05, 4.69) is 17.1 Å². The number of thiazole rings is 1. The van der Waals surface area contributed by atoms with Crippen LogP contribution in [0, 0.1) is 11.3 Å². The zero-order valence-corrected chi connectivity index (χ0v) is 23.8. The van der Waals surface area contributed by atoms with E-state index in [4.69, 9.17) is 9.88 Å². The van der Waals surface area contributed by atoms with Crippen LogP contribution >= 0.6 is 11.3 Å². The maximum Gasteiger partial charge on any atom is 0.213 e. The number of nitriles is 1. The van der Waals surface area contributed by atoms with E-state index in [9.17, 15) is 18.8 Å². The summed E-state index contributed by atoms with van der Waals surface area (Å²) in [6.45, 7) is 5.42. The molecule has 2 heterocycles. The van der Waals surface area contributed by atoms with Crippen molar-refractivity contribution >= 4 is 21.4 Å². The summed E-state index contributed by atoms with van der Waals surface area (Å²) in [4.78, 5) is 7.68. The highest BCUT2D eigenvalue weighted by molar-refractivity contribution is 7.89. The Kier molecular flexibility index (Phi) is 8.08. The first-order valence-corrected chi connectivity index (χ1v) is 15.8. The van der Waals surface area contributed by atoms with Gasteiger partial charge in [-0.2, -0.15) is 5.26 Å². The number of rotatable bonds is 8. The molecular formula is C29H34N4O4S2. The Morgan fingerprint density at radius 1 is 1.28 bits per heavy atom. The summed E-state index contributed by atoms with van der Waals surface area (Å²) < 4.78 is 31.3. The lowest BCUT2D eigenvalue weighted by Crippen LogP contribution is -2.47. The predicted molar refractivity (Wildman–Crippen MR) is 153 cm³/mol. The van der Waals surface area contributed by atoms with E-state index < -0.39 is 21.4 Å². The van der Waals surface area contributed by atoms with E-state index in [1.54, 1.807) is 17.4 Å². The third-order valence-electron chi connectivity index (χ3n) is 7.59. The number of hydrogen-bond donors (Lipinski definition) is 2. The van der Waals surface area contributed by atoms with Crippen molar-refractivity contribution in [3.63, 3.8) is 0 Å². The van der Waals surface area contributed by atoms with Gasteiger partial charge in [0.15, 0.2) is 0 Å². The van der Waals surface area contributed by atoms with Crippen molar-refractivity contribution in [2.24, 2.45) is 5.14 Å². The molecule has 10 heteroatoms. The average molecular weight is 567 g/mol. The molecule has 1 aliphatic carbocycles. The van der Waals surface area contributed by atoms with Crippen LogP contribution in [0.3, 0.4) is 0 Å². The number of nitrogens with zero attached hydrogens (tertiary/aromatic N) is 3. The maximum absolute atomic E-state index is 12.8. The normalized spacial score (nSPS) is 20.5. The number of sulfonamides is 1. The first-order chi connectivity index (χ1) is 18.6. The van der Waals surface area contributed by atoms with Gasteiger partial charge in [0, 0.05) is 30.8 Å². The molecule has 1 saturated heterocycles. The number of aliphatic hydroxyl groups is 1. The lowest BCUT2D eigenvalue weighted by atomic mass is 9.94. The molecule has 3 aromatic rings. The van der Waals surface area contributed by atoms with Crippen LogP contribution < -0.4 is 9.88 Å². The van der Waals surface area contributed by atoms with Gasteiger partial charge in [0.2, 0.25) is 10.0 Å². The fraction of sp³-hybridized carbons (Fsp3) is 0.448. The van der Waals surface area contributed by atoms with Crippen molar-refractivity contribution in [3.8, 4) is 32.8 Å². The summed E-state index contributed by atoms with van der Waals surface area (Å²) in [6.07, 6.45) is 4.46. The number of fused-ring (bicyclic) bond motifs is 1. The molecule has 2 aromatic carbocycles. The molecule has 0 radical (unpaired) electrons. The minimum atomic E-state index is -3.80. The van der Waals surface area contributed by atoms with Gasteiger partial charge in [-0.3, -0.25) is 4.90 Å². The van der Waals surface area contributed by atoms with E-state index in [-0.39, 0.29) is 12.0 Å². The second-order valence-electron chi connectivity index (χ2n) is 10.7. The zero-order chi connectivity index (χ0) is 27.7. The molecule has 3 atom stereocenters. The molecule has 0 bridgehead atoms. The summed E-state index contributed by atoms with van der Waals surface area (Å²) in [7, 11) is -3.80. The number of aliphatic hydroxyl groups excluding tert-OH is 1. The number of benzene rings is 2. The average Bonchev–Trinajstić information content (AvgIpc) is 3.54. The van der Waals surface area contributed by atoms with Gasteiger partial charge >= 0.3 is 0 Å². The smallest absolute Gasteiger partial charge is 0.213 e. The summed E-state index contributed by atoms with van der Waals surface area (Å²) in [5.74, 6) is 0.358. The SMILES string of the molecule is CC(C)Oc1ccc(-c2ncc(-c3cccc4c3CC[C@@H]4C(CN3CCC[C@@H](O)C3)S(N)(=O)=O)s2)cc1C#N. The Labute approximate surface area is 234 Å². The lowest BCUT2D eigenvalue weighted by Gasteiger charge is -2.34. The van der Waals surface area contributed by atoms with Crippen LogP contribution in [0.4, 0.5) is 0 Å². The lowest BCUT2D eigenvalue weighted by molar-refractivity contribution is 0.0695. The number of hydrogen-bond acceptors (Lipinski definition) is 8. The van der Waals surface area contributed by atoms with Crippen molar-refractivity contribution in [3.05, 3.63) is 59.3 Å². The number of β-amino-alcohol motifs (C(OH)–C–C–N with tert-alkyl or cyclic N) is 1. The monoisotopic (exact) mass is 566 g/mol. The van der Waals surface area contributed by atoms with Crippen LogP contribution in [-0.4, -0.2) is 60.5 Å². The highest BCUT2D eigenvalue weighted by Gasteiger charge is 2.39. The first kappa shape index (κ1) is 27.7. The predicted octanol–water partition coefficient (Wildman–Crippen LogP) is 4.28. The van der Waals surface area contributed by atoms with Gasteiger partial charge in [0.25, 0.3) is 0 Å². The van der Waals surface area contributed by atoms with Gasteiger partial charge < -0.3 is 9.84 Å². The summed E-state index contributed by atoms with van der Waals surface area (Å²) in [5, 5.41) is 25.6. The van der Waals surface area contributed by atoms with E-state index >= 15 is 0 Å². The van der Waals surface area contributed by atoms with Crippen molar-refractivity contribution < 1.29 is 18.3 Å². The summed E-state index contributed by atoms with van der Waals surface area (Å²) in [5.41, 5.74) is 4.55. The Morgan fingerprint density at radius 2 is 2.10 bits per heavy atom. The highest BCUT2D eigenvalue weighted by Crippen LogP contribution is 2.44. The summed E-state index contributed by atoms with van der Waals surface area (Å²) in [6, 6.07) is 13.8. The zero-order valence-electron chi connectivity index (χ0n) is 22.2. The number of primary sulfonamides is 1. The molecule has 1 fully saturated rings. The maximum atomic E-state index is 12.8. The van der Waals surface area contributed by atoms with E-state index in [1.165, 1.54) is 0 Å². The van der Waals surface area contributed by atoms with Crippen molar-refractivity contribution in [2.45, 2.75) is 62.9 Å². The van der Waals surface area contributed by atoms with Gasteiger partial charge in [0.1, 0.15) is 16.8 Å². The van der Waals surface area contributed by atoms with Crippen LogP contribution in [0.2, 0.25) is 0 Å². The molecule has 3 N–H and O–H groups in total. The fourth-order valence-corrected chi connectivity index (χ4v) is 7.98. The van der Waals surface area contributed by atoms with E-state index in [1.807, 2.05) is 49.2 Å². The number of likely N-dealkylation sites (tertiary alicyclic amines) is 1. The molecule has 1 aromatic heterocycles. The number of aromatic nitrogens is 1. The molecule has 5 rings (SSSR count). The van der Waals surface area contributed by atoms with E-state index in [0.29, 0.717) is 30.8 Å². The quantitative estimate of drug-likeness (QED) is 0.416. The van der Waals surface area contributed by atoms with Gasteiger partial charge in [0.05, 0.1) is 27.9 Å². The van der Waals surface area contributed by atoms with Crippen LogP contribution in [0.15, 0.2) is 42.6 Å². The Morgan fingerprint density at radius 3 is 2.82 bits per heavy atom.